The van der Waals surface area contributed by atoms with E-state index < -0.39 is 17.9 Å². The number of halogens is 1. The number of carbonyl (C=O) groups excluding carboxylic acids is 2. The van der Waals surface area contributed by atoms with Gasteiger partial charge in [-0.05, 0) is 26.0 Å². The minimum Gasteiger partial charge on any atom is -0.372 e. The first-order chi connectivity index (χ1) is 12.3. The summed E-state index contributed by atoms with van der Waals surface area (Å²) in [6, 6.07) is 3.21. The lowest BCUT2D eigenvalue weighted by atomic mass is 10.2. The quantitative estimate of drug-likeness (QED) is 0.756. The molecule has 0 fully saturated rings. The van der Waals surface area contributed by atoms with Crippen LogP contribution < -0.4 is 5.73 Å². The van der Waals surface area contributed by atoms with Crippen molar-refractivity contribution in [2.75, 3.05) is 13.6 Å². The molecule has 2 rings (SSSR count). The Morgan fingerprint density at radius 2 is 2.19 bits per heavy atom. The maximum Gasteiger partial charge on any atom is 0.270 e. The fourth-order valence-electron chi connectivity index (χ4n) is 2.05. The molecule has 9 heteroatoms. The Bertz CT molecular complexity index is 913. The van der Waals surface area contributed by atoms with Gasteiger partial charge in [-0.1, -0.05) is 23.4 Å². The Kier molecular flexibility index (Phi) is 5.97. The molecular formula is C17H18ClN5O3. The zero-order valence-corrected chi connectivity index (χ0v) is 15.3. The number of hydrogen-bond acceptors (Lipinski definition) is 5. The number of hydrogen-bond donors (Lipinski definition) is 2. The number of primary amides is 1. The highest BCUT2D eigenvalue weighted by atomic mass is 35.5. The van der Waals surface area contributed by atoms with Gasteiger partial charge in [-0.15, -0.1) is 0 Å². The zero-order valence-electron chi connectivity index (χ0n) is 14.5. The van der Waals surface area contributed by atoms with Crippen LogP contribution in [0.1, 0.15) is 28.7 Å². The molecule has 2 heterocycles. The summed E-state index contributed by atoms with van der Waals surface area (Å²) < 4.78 is 1.38. The van der Waals surface area contributed by atoms with Gasteiger partial charge in [-0.25, -0.2) is 9.67 Å². The SMILES string of the molecule is CCN(C)C(=O)[C@H](O)C#Cc1ccnc(-n2nc(C(N)=O)c(Cl)c2C)c1. The molecule has 0 aliphatic heterocycles. The van der Waals surface area contributed by atoms with Crippen molar-refractivity contribution in [2.24, 2.45) is 5.73 Å². The highest BCUT2D eigenvalue weighted by Crippen LogP contribution is 2.22. The van der Waals surface area contributed by atoms with E-state index in [0.717, 1.165) is 0 Å². The van der Waals surface area contributed by atoms with Crippen LogP contribution >= 0.6 is 11.6 Å². The van der Waals surface area contributed by atoms with E-state index in [1.165, 1.54) is 15.8 Å². The number of aliphatic hydroxyl groups is 1. The molecule has 1 atom stereocenters. The topological polar surface area (TPSA) is 114 Å². The van der Waals surface area contributed by atoms with Crippen molar-refractivity contribution in [2.45, 2.75) is 20.0 Å². The number of nitrogens with two attached hydrogens (primary N) is 1. The standard InChI is InChI=1S/C17H18ClN5O3/c1-4-22(3)17(26)12(24)6-5-11-7-8-20-13(9-11)23-10(2)14(18)15(21-23)16(19)25/h7-9,12,24H,4H2,1-3H3,(H2,19,25)/t12-/m1/s1. The van der Waals surface area contributed by atoms with E-state index >= 15 is 0 Å². The number of likely N-dealkylation sites (N-methyl/N-ethyl adjacent to an activating group) is 1. The monoisotopic (exact) mass is 375 g/mol. The number of aromatic nitrogens is 3. The summed E-state index contributed by atoms with van der Waals surface area (Å²) in [5.41, 5.74) is 6.20. The highest BCUT2D eigenvalue weighted by Gasteiger charge is 2.19. The van der Waals surface area contributed by atoms with Crippen molar-refractivity contribution >= 4 is 23.4 Å². The molecule has 0 aliphatic carbocycles. The van der Waals surface area contributed by atoms with Crippen molar-refractivity contribution in [1.29, 1.82) is 0 Å². The molecule has 0 saturated carbocycles. The van der Waals surface area contributed by atoms with Crippen molar-refractivity contribution in [3.05, 3.63) is 40.3 Å². The van der Waals surface area contributed by atoms with Gasteiger partial charge in [0.2, 0.25) is 0 Å². The molecule has 0 bridgehead atoms. The predicted octanol–water partition coefficient (Wildman–Crippen LogP) is 0.519. The summed E-state index contributed by atoms with van der Waals surface area (Å²) >= 11 is 6.06. The van der Waals surface area contributed by atoms with Crippen LogP contribution in [0.5, 0.6) is 0 Å². The van der Waals surface area contributed by atoms with Crippen molar-refractivity contribution in [1.82, 2.24) is 19.7 Å². The molecule has 26 heavy (non-hydrogen) atoms. The molecule has 0 aromatic carbocycles. The van der Waals surface area contributed by atoms with Gasteiger partial charge in [0.15, 0.2) is 17.6 Å². The molecule has 0 aliphatic rings. The molecular weight excluding hydrogens is 358 g/mol. The molecule has 0 radical (unpaired) electrons. The minimum absolute atomic E-state index is 0.0499. The van der Waals surface area contributed by atoms with Gasteiger partial charge in [0.25, 0.3) is 11.8 Å². The number of amides is 2. The van der Waals surface area contributed by atoms with E-state index in [-0.39, 0.29) is 10.7 Å². The van der Waals surface area contributed by atoms with Crippen LogP contribution in [-0.4, -0.2) is 56.3 Å². The normalized spacial score (nSPS) is 11.4. The summed E-state index contributed by atoms with van der Waals surface area (Å²) in [6.45, 7) is 3.94. The maximum atomic E-state index is 11.8. The fourth-order valence-corrected chi connectivity index (χ4v) is 2.26. The molecule has 2 aromatic heterocycles. The number of rotatable bonds is 4. The lowest BCUT2D eigenvalue weighted by Crippen LogP contribution is -2.35. The average Bonchev–Trinajstić information content (AvgIpc) is 2.94. The summed E-state index contributed by atoms with van der Waals surface area (Å²) in [4.78, 5) is 28.7. The molecule has 2 aromatic rings. The second-order valence-corrected chi connectivity index (χ2v) is 5.83. The van der Waals surface area contributed by atoms with Crippen LogP contribution in [0.15, 0.2) is 18.3 Å². The van der Waals surface area contributed by atoms with Crippen LogP contribution in [-0.2, 0) is 4.79 Å². The van der Waals surface area contributed by atoms with Crippen LogP contribution in [0.3, 0.4) is 0 Å². The molecule has 3 N–H and O–H groups in total. The Balaban J connectivity index is 2.33. The van der Waals surface area contributed by atoms with E-state index in [2.05, 4.69) is 21.9 Å². The first kappa shape index (κ1) is 19.4. The van der Waals surface area contributed by atoms with Gasteiger partial charge in [0.05, 0.1) is 10.7 Å². The number of pyridine rings is 1. The Morgan fingerprint density at radius 3 is 2.77 bits per heavy atom. The summed E-state index contributed by atoms with van der Waals surface area (Å²) in [6.07, 6.45) is 0.0731. The molecule has 0 unspecified atom stereocenters. The Hall–Kier alpha value is -2.89. The molecule has 8 nitrogen and oxygen atoms in total. The van der Waals surface area contributed by atoms with Gasteiger partial charge in [-0.3, -0.25) is 9.59 Å². The lowest BCUT2D eigenvalue weighted by molar-refractivity contribution is -0.135. The summed E-state index contributed by atoms with van der Waals surface area (Å²) in [7, 11) is 1.58. The smallest absolute Gasteiger partial charge is 0.270 e. The minimum atomic E-state index is -1.42. The van der Waals surface area contributed by atoms with E-state index in [1.54, 1.807) is 33.0 Å². The lowest BCUT2D eigenvalue weighted by Gasteiger charge is -2.15. The third kappa shape index (κ3) is 4.02. The first-order valence-corrected chi connectivity index (χ1v) is 8.10. The van der Waals surface area contributed by atoms with Gasteiger partial charge >= 0.3 is 0 Å². The van der Waals surface area contributed by atoms with E-state index in [0.29, 0.717) is 23.6 Å². The molecule has 2 amide bonds. The third-order valence-corrected chi connectivity index (χ3v) is 4.13. The first-order valence-electron chi connectivity index (χ1n) is 7.72. The summed E-state index contributed by atoms with van der Waals surface area (Å²) in [5.74, 6) is 4.38. The van der Waals surface area contributed by atoms with Crippen LogP contribution in [0.25, 0.3) is 5.82 Å². The largest absolute Gasteiger partial charge is 0.372 e. The van der Waals surface area contributed by atoms with Gasteiger partial charge < -0.3 is 15.7 Å². The van der Waals surface area contributed by atoms with Crippen molar-refractivity contribution < 1.29 is 14.7 Å². The Labute approximate surface area is 155 Å². The van der Waals surface area contributed by atoms with E-state index in [9.17, 15) is 14.7 Å². The van der Waals surface area contributed by atoms with Crippen molar-refractivity contribution in [3.63, 3.8) is 0 Å². The molecule has 136 valence electrons. The van der Waals surface area contributed by atoms with Gasteiger partial charge in [-0.2, -0.15) is 5.10 Å². The van der Waals surface area contributed by atoms with Crippen LogP contribution in [0, 0.1) is 18.8 Å². The number of aliphatic hydroxyl groups excluding tert-OH is 1. The zero-order chi connectivity index (χ0) is 19.4. The summed E-state index contributed by atoms with van der Waals surface area (Å²) in [5, 5.41) is 14.1. The van der Waals surface area contributed by atoms with E-state index in [1.807, 2.05) is 0 Å². The Morgan fingerprint density at radius 1 is 1.50 bits per heavy atom. The molecule has 0 spiro atoms. The maximum absolute atomic E-state index is 11.8. The number of nitrogens with zero attached hydrogens (tertiary/aromatic N) is 4. The van der Waals surface area contributed by atoms with Gasteiger partial charge in [0.1, 0.15) is 0 Å². The third-order valence-electron chi connectivity index (χ3n) is 3.68. The van der Waals surface area contributed by atoms with Crippen LogP contribution in [0.4, 0.5) is 0 Å². The predicted molar refractivity (Wildman–Crippen MR) is 95.8 cm³/mol. The molecule has 0 saturated heterocycles. The average molecular weight is 376 g/mol. The number of carbonyl (C=O) groups is 2. The fraction of sp³-hybridized carbons (Fsp3) is 0.294. The van der Waals surface area contributed by atoms with Gasteiger partial charge in [0, 0.05) is 25.4 Å². The van der Waals surface area contributed by atoms with Crippen molar-refractivity contribution in [3.8, 4) is 17.7 Å². The highest BCUT2D eigenvalue weighted by molar-refractivity contribution is 6.34. The van der Waals surface area contributed by atoms with Crippen LogP contribution in [0.2, 0.25) is 5.02 Å². The second-order valence-electron chi connectivity index (χ2n) is 5.45. The van der Waals surface area contributed by atoms with E-state index in [4.69, 9.17) is 17.3 Å². The second kappa shape index (κ2) is 7.99.